The van der Waals surface area contributed by atoms with Crippen LogP contribution in [0.25, 0.3) is 0 Å². The molecule has 1 atom stereocenters. The van der Waals surface area contributed by atoms with Gasteiger partial charge < -0.3 is 15.0 Å². The van der Waals surface area contributed by atoms with E-state index in [1.54, 1.807) is 18.2 Å². The number of carbonyl (C=O) groups excluding carboxylic acids is 1. The van der Waals surface area contributed by atoms with Crippen LogP contribution in [-0.2, 0) is 0 Å². The minimum Gasteiger partial charge on any atom is -0.545 e. The monoisotopic (exact) mass is 230 g/mol. The van der Waals surface area contributed by atoms with E-state index in [0.717, 1.165) is 12.8 Å². The summed E-state index contributed by atoms with van der Waals surface area (Å²) in [6.45, 7) is 2.03. The fraction of sp³-hybridized carbons (Fsp3) is 0.417. The van der Waals surface area contributed by atoms with Gasteiger partial charge in [0.1, 0.15) is 0 Å². The van der Waals surface area contributed by atoms with E-state index in [1.165, 1.54) is 6.07 Å². The van der Waals surface area contributed by atoms with Crippen molar-refractivity contribution in [3.63, 3.8) is 0 Å². The first-order valence-corrected chi connectivity index (χ1v) is 5.15. The van der Waals surface area contributed by atoms with Crippen molar-refractivity contribution in [2.45, 2.75) is 32.3 Å². The Morgan fingerprint density at radius 2 is 2.06 bits per heavy atom. The van der Waals surface area contributed by atoms with Crippen LogP contribution in [0.15, 0.2) is 24.3 Å². The molecule has 0 saturated carbocycles. The molecule has 1 N–H and O–H groups in total. The van der Waals surface area contributed by atoms with E-state index >= 15 is 0 Å². The zero-order valence-electron chi connectivity index (χ0n) is 9.77. The molecule has 1 unspecified atom stereocenters. The molecule has 83 valence electrons. The topological polar surface area (TPSA) is 60.4 Å². The molecule has 0 aliphatic rings. The summed E-state index contributed by atoms with van der Waals surface area (Å²) in [5.41, 5.74) is 0.534. The predicted molar refractivity (Wildman–Crippen MR) is 61.0 cm³/mol. The van der Waals surface area contributed by atoms with Crippen molar-refractivity contribution in [1.82, 2.24) is 0 Å². The van der Waals surface area contributed by atoms with Gasteiger partial charge in [-0.2, -0.15) is 0 Å². The van der Waals surface area contributed by atoms with Crippen LogP contribution < -0.4 is 5.11 Å². The molecule has 0 bridgehead atoms. The van der Waals surface area contributed by atoms with Crippen molar-refractivity contribution in [3.8, 4) is 0 Å². The fourth-order valence-electron chi connectivity index (χ4n) is 1.53. The molecule has 0 heterocycles. The van der Waals surface area contributed by atoms with E-state index in [1.807, 2.05) is 6.92 Å². The third kappa shape index (κ3) is 4.26. The average Bonchev–Trinajstić information content (AvgIpc) is 2.25. The van der Waals surface area contributed by atoms with Crippen LogP contribution in [0.2, 0.25) is 0 Å². The average molecular weight is 230 g/mol. The first-order chi connectivity index (χ1) is 7.16. The molecule has 1 aromatic carbocycles. The molecule has 0 aliphatic carbocycles. The van der Waals surface area contributed by atoms with Gasteiger partial charge in [-0.3, -0.25) is 0 Å². The number of benzene rings is 1. The van der Waals surface area contributed by atoms with Crippen LogP contribution in [0, 0.1) is 0 Å². The van der Waals surface area contributed by atoms with Gasteiger partial charge in [0.2, 0.25) is 0 Å². The summed E-state index contributed by atoms with van der Waals surface area (Å²) in [6, 6.07) is 6.43. The standard InChI is InChI=1S/C12H16O3.Na/c1-2-3-8-11(13)9-6-4-5-7-10(9)12(14)15;/h4-7,11,13H,2-3,8H2,1H3,(H,14,15);/p-1. The van der Waals surface area contributed by atoms with Crippen molar-refractivity contribution in [2.75, 3.05) is 0 Å². The number of aliphatic hydroxyl groups excluding tert-OH is 1. The maximum atomic E-state index is 10.8. The zero-order chi connectivity index (χ0) is 11.3. The maximum Gasteiger partial charge on any atom is 0.0796 e. The van der Waals surface area contributed by atoms with Crippen molar-refractivity contribution in [3.05, 3.63) is 35.4 Å². The first-order valence-electron chi connectivity index (χ1n) is 5.15. The largest absolute Gasteiger partial charge is 0.545 e. The molecule has 0 aliphatic heterocycles. The summed E-state index contributed by atoms with van der Waals surface area (Å²) in [5, 5.41) is 20.6. The molecular weight excluding hydrogens is 215 g/mol. The van der Waals surface area contributed by atoms with E-state index in [0.29, 0.717) is 12.0 Å². The number of carbonyl (C=O) groups is 1. The second-order valence-corrected chi connectivity index (χ2v) is 3.53. The van der Waals surface area contributed by atoms with E-state index in [-0.39, 0.29) is 35.1 Å². The van der Waals surface area contributed by atoms with E-state index in [4.69, 9.17) is 0 Å². The number of carboxylic acids is 1. The van der Waals surface area contributed by atoms with Crippen LogP contribution in [-0.4, -0.2) is 40.6 Å². The van der Waals surface area contributed by atoms with Crippen molar-refractivity contribution in [2.24, 2.45) is 0 Å². The van der Waals surface area contributed by atoms with Gasteiger partial charge in [0.25, 0.3) is 0 Å². The number of carboxylic acid groups (broad SMARTS) is 1. The molecule has 0 aromatic heterocycles. The smallest absolute Gasteiger partial charge is 0.0796 e. The van der Waals surface area contributed by atoms with E-state index in [9.17, 15) is 15.0 Å². The van der Waals surface area contributed by atoms with E-state index in [2.05, 4.69) is 0 Å². The fourth-order valence-corrected chi connectivity index (χ4v) is 1.53. The molecule has 0 fully saturated rings. The summed E-state index contributed by atoms with van der Waals surface area (Å²) in [4.78, 5) is 10.8. The van der Waals surface area contributed by atoms with Crippen molar-refractivity contribution >= 4 is 35.5 Å². The Morgan fingerprint density at radius 3 is 2.62 bits per heavy atom. The Labute approximate surface area is 118 Å². The summed E-state index contributed by atoms with van der Waals surface area (Å²) < 4.78 is 0. The molecule has 16 heavy (non-hydrogen) atoms. The van der Waals surface area contributed by atoms with Crippen LogP contribution >= 0.6 is 0 Å². The second kappa shape index (κ2) is 7.85. The van der Waals surface area contributed by atoms with Gasteiger partial charge in [-0.15, -0.1) is 0 Å². The molecule has 0 spiro atoms. The molecule has 1 radical (unpaired) electrons. The Bertz CT molecular complexity index is 339. The van der Waals surface area contributed by atoms with Gasteiger partial charge in [-0.05, 0) is 12.0 Å². The van der Waals surface area contributed by atoms with Gasteiger partial charge in [0, 0.05) is 35.1 Å². The first kappa shape index (κ1) is 15.7. The number of aliphatic hydroxyl groups is 1. The van der Waals surface area contributed by atoms with Crippen LogP contribution in [0.4, 0.5) is 0 Å². The third-order valence-corrected chi connectivity index (χ3v) is 2.37. The molecule has 4 heteroatoms. The molecule has 0 saturated heterocycles. The molecule has 0 amide bonds. The number of rotatable bonds is 5. The Morgan fingerprint density at radius 1 is 1.44 bits per heavy atom. The van der Waals surface area contributed by atoms with Gasteiger partial charge in [-0.1, -0.05) is 44.0 Å². The van der Waals surface area contributed by atoms with Crippen LogP contribution in [0.5, 0.6) is 0 Å². The molecule has 1 aromatic rings. The zero-order valence-corrected chi connectivity index (χ0v) is 11.8. The minimum atomic E-state index is -1.24. The third-order valence-electron chi connectivity index (χ3n) is 2.37. The Kier molecular flexibility index (Phi) is 7.68. The normalized spacial score (nSPS) is 11.6. The summed E-state index contributed by atoms with van der Waals surface area (Å²) in [6.07, 6.45) is 1.73. The van der Waals surface area contributed by atoms with Crippen LogP contribution in [0.1, 0.15) is 48.2 Å². The Balaban J connectivity index is 0.00000225. The van der Waals surface area contributed by atoms with Crippen LogP contribution in [0.3, 0.4) is 0 Å². The summed E-state index contributed by atoms with van der Waals surface area (Å²) in [5.74, 6) is -1.24. The summed E-state index contributed by atoms with van der Waals surface area (Å²) in [7, 11) is 0. The van der Waals surface area contributed by atoms with Gasteiger partial charge >= 0.3 is 0 Å². The number of unbranched alkanes of at least 4 members (excludes halogenated alkanes) is 1. The Hall–Kier alpha value is -0.350. The number of aromatic carboxylic acids is 1. The second-order valence-electron chi connectivity index (χ2n) is 3.53. The molecule has 3 nitrogen and oxygen atoms in total. The van der Waals surface area contributed by atoms with E-state index < -0.39 is 12.1 Å². The number of hydrogen-bond donors (Lipinski definition) is 1. The van der Waals surface area contributed by atoms with Gasteiger partial charge in [-0.25, -0.2) is 0 Å². The van der Waals surface area contributed by atoms with Crippen molar-refractivity contribution < 1.29 is 15.0 Å². The molecular formula is C12H15NaO3-. The molecule has 1 rings (SSSR count). The van der Waals surface area contributed by atoms with Crippen molar-refractivity contribution in [1.29, 1.82) is 0 Å². The predicted octanol–water partition coefficient (Wildman–Crippen LogP) is 0.893. The quantitative estimate of drug-likeness (QED) is 0.764. The SMILES string of the molecule is CCCCC(O)c1ccccc1C(=O)[O-].[Na]. The minimum absolute atomic E-state index is 0. The van der Waals surface area contributed by atoms with Gasteiger partial charge in [0.15, 0.2) is 0 Å². The maximum absolute atomic E-state index is 10.8. The number of hydrogen-bond acceptors (Lipinski definition) is 3. The summed E-state index contributed by atoms with van der Waals surface area (Å²) >= 11 is 0. The van der Waals surface area contributed by atoms with Gasteiger partial charge in [0.05, 0.1) is 12.1 Å².